The number of benzene rings is 1. The highest BCUT2D eigenvalue weighted by Crippen LogP contribution is 2.15. The summed E-state index contributed by atoms with van der Waals surface area (Å²) in [7, 11) is 0. The van der Waals surface area contributed by atoms with Crippen molar-refractivity contribution in [3.05, 3.63) is 29.6 Å². The van der Waals surface area contributed by atoms with Crippen LogP contribution in [0.15, 0.2) is 18.2 Å². The third-order valence-electron chi connectivity index (χ3n) is 1.92. The fraction of sp³-hybridized carbons (Fsp3) is 0.200. The first-order valence-corrected chi connectivity index (χ1v) is 4.47. The normalized spacial score (nSPS) is 11.9. The predicted octanol–water partition coefficient (Wildman–Crippen LogP) is 0.439. The fourth-order valence-electron chi connectivity index (χ4n) is 0.987. The third kappa shape index (κ3) is 2.69. The molecule has 0 fully saturated rings. The molecule has 1 aromatic rings. The van der Waals surface area contributed by atoms with E-state index in [4.69, 9.17) is 11.5 Å². The molecule has 0 aliphatic carbocycles. The van der Waals surface area contributed by atoms with Gasteiger partial charge < -0.3 is 16.2 Å². The molecule has 0 aromatic heterocycles. The summed E-state index contributed by atoms with van der Waals surface area (Å²) in [5.74, 6) is -2.29. The van der Waals surface area contributed by atoms with E-state index < -0.39 is 23.8 Å². The molecule has 0 aliphatic heterocycles. The topological polar surface area (TPSA) is 95.4 Å². The van der Waals surface area contributed by atoms with Gasteiger partial charge in [0.1, 0.15) is 5.82 Å². The van der Waals surface area contributed by atoms with Crippen LogP contribution in [-0.2, 0) is 9.53 Å². The Hall–Kier alpha value is -2.11. The average molecular weight is 226 g/mol. The van der Waals surface area contributed by atoms with Crippen LogP contribution in [0.5, 0.6) is 0 Å². The van der Waals surface area contributed by atoms with Crippen molar-refractivity contribution in [2.45, 2.75) is 13.0 Å². The van der Waals surface area contributed by atoms with E-state index in [2.05, 4.69) is 4.74 Å². The Morgan fingerprint density at radius 2 is 2.06 bits per heavy atom. The Morgan fingerprint density at radius 3 is 2.62 bits per heavy atom. The van der Waals surface area contributed by atoms with Gasteiger partial charge in [0.15, 0.2) is 6.10 Å². The zero-order valence-electron chi connectivity index (χ0n) is 8.57. The Kier molecular flexibility index (Phi) is 3.44. The van der Waals surface area contributed by atoms with Gasteiger partial charge in [0.2, 0.25) is 0 Å². The van der Waals surface area contributed by atoms with Crippen molar-refractivity contribution in [2.24, 2.45) is 5.73 Å². The number of nitrogen functional groups attached to an aromatic ring is 1. The molecule has 0 saturated carbocycles. The lowest BCUT2D eigenvalue weighted by atomic mass is 10.2. The van der Waals surface area contributed by atoms with Gasteiger partial charge in [-0.3, -0.25) is 4.79 Å². The molecule has 0 spiro atoms. The number of ether oxygens (including phenoxy) is 1. The largest absolute Gasteiger partial charge is 0.449 e. The number of rotatable bonds is 3. The van der Waals surface area contributed by atoms with Crippen molar-refractivity contribution in [1.29, 1.82) is 0 Å². The minimum absolute atomic E-state index is 0.0723. The van der Waals surface area contributed by atoms with Gasteiger partial charge in [-0.1, -0.05) is 0 Å². The molecular formula is C10H11FN2O3. The van der Waals surface area contributed by atoms with Gasteiger partial charge in [-0.05, 0) is 25.1 Å². The monoisotopic (exact) mass is 226 g/mol. The van der Waals surface area contributed by atoms with E-state index in [9.17, 15) is 14.0 Å². The summed E-state index contributed by atoms with van der Waals surface area (Å²) in [5, 5.41) is 0. The minimum Gasteiger partial charge on any atom is -0.449 e. The van der Waals surface area contributed by atoms with Gasteiger partial charge in [0.05, 0.1) is 5.56 Å². The standard InChI is InChI=1S/C10H11FN2O3/c1-5(9(13)14)16-10(15)7-4-6(11)2-3-8(7)12/h2-5H,12H2,1H3,(H2,13,14). The predicted molar refractivity (Wildman–Crippen MR) is 54.9 cm³/mol. The molecule has 1 atom stereocenters. The van der Waals surface area contributed by atoms with E-state index in [1.165, 1.54) is 13.0 Å². The smallest absolute Gasteiger partial charge is 0.341 e. The maximum Gasteiger partial charge on any atom is 0.341 e. The SMILES string of the molecule is CC(OC(=O)c1cc(F)ccc1N)C(N)=O. The Labute approximate surface area is 91.2 Å². The third-order valence-corrected chi connectivity index (χ3v) is 1.92. The Morgan fingerprint density at radius 1 is 1.44 bits per heavy atom. The lowest BCUT2D eigenvalue weighted by molar-refractivity contribution is -0.125. The summed E-state index contributed by atoms with van der Waals surface area (Å²) < 4.78 is 17.5. The van der Waals surface area contributed by atoms with E-state index in [1.807, 2.05) is 0 Å². The molecule has 0 radical (unpaired) electrons. The lowest BCUT2D eigenvalue weighted by Gasteiger charge is -2.10. The number of carbonyl (C=O) groups excluding carboxylic acids is 2. The molecular weight excluding hydrogens is 215 g/mol. The van der Waals surface area contributed by atoms with Crippen molar-refractivity contribution in [3.63, 3.8) is 0 Å². The van der Waals surface area contributed by atoms with E-state index in [1.54, 1.807) is 0 Å². The van der Waals surface area contributed by atoms with Crippen molar-refractivity contribution in [1.82, 2.24) is 0 Å². The molecule has 0 aliphatic rings. The van der Waals surface area contributed by atoms with Crippen molar-refractivity contribution in [2.75, 3.05) is 5.73 Å². The summed E-state index contributed by atoms with van der Waals surface area (Å²) in [6.07, 6.45) is -1.09. The van der Waals surface area contributed by atoms with Gasteiger partial charge in [0.25, 0.3) is 5.91 Å². The van der Waals surface area contributed by atoms with Crippen molar-refractivity contribution < 1.29 is 18.7 Å². The number of amides is 1. The van der Waals surface area contributed by atoms with Gasteiger partial charge in [-0.2, -0.15) is 0 Å². The van der Waals surface area contributed by atoms with E-state index in [0.717, 1.165) is 12.1 Å². The van der Waals surface area contributed by atoms with E-state index in [0.29, 0.717) is 0 Å². The number of hydrogen-bond acceptors (Lipinski definition) is 4. The average Bonchev–Trinajstić information content (AvgIpc) is 2.21. The Bertz CT molecular complexity index is 434. The molecule has 5 nitrogen and oxygen atoms in total. The summed E-state index contributed by atoms with van der Waals surface area (Å²) in [6.45, 7) is 1.32. The molecule has 1 unspecified atom stereocenters. The number of primary amides is 1. The first-order chi connectivity index (χ1) is 7.41. The quantitative estimate of drug-likeness (QED) is 0.577. The number of esters is 1. The highest BCUT2D eigenvalue weighted by atomic mass is 19.1. The number of carbonyl (C=O) groups is 2. The molecule has 86 valence electrons. The van der Waals surface area contributed by atoms with Crippen LogP contribution < -0.4 is 11.5 Å². The number of hydrogen-bond donors (Lipinski definition) is 2. The molecule has 6 heteroatoms. The van der Waals surface area contributed by atoms with Gasteiger partial charge >= 0.3 is 5.97 Å². The summed E-state index contributed by atoms with van der Waals surface area (Å²) in [5.41, 5.74) is 10.3. The second kappa shape index (κ2) is 4.61. The molecule has 1 rings (SSSR count). The first-order valence-electron chi connectivity index (χ1n) is 4.47. The maximum absolute atomic E-state index is 12.8. The zero-order valence-corrected chi connectivity index (χ0v) is 8.57. The van der Waals surface area contributed by atoms with Crippen LogP contribution in [0.25, 0.3) is 0 Å². The molecule has 1 amide bonds. The highest BCUT2D eigenvalue weighted by Gasteiger charge is 2.18. The van der Waals surface area contributed by atoms with E-state index in [-0.39, 0.29) is 11.3 Å². The molecule has 0 bridgehead atoms. The number of anilines is 1. The molecule has 0 saturated heterocycles. The van der Waals surface area contributed by atoms with Crippen LogP contribution in [-0.4, -0.2) is 18.0 Å². The second-order valence-electron chi connectivity index (χ2n) is 3.18. The summed E-state index contributed by atoms with van der Waals surface area (Å²) in [4.78, 5) is 22.1. The number of nitrogens with two attached hydrogens (primary N) is 2. The van der Waals surface area contributed by atoms with Crippen LogP contribution in [0.2, 0.25) is 0 Å². The van der Waals surface area contributed by atoms with Crippen molar-refractivity contribution >= 4 is 17.6 Å². The first kappa shape index (κ1) is 12.0. The summed E-state index contributed by atoms with van der Waals surface area (Å²) in [6, 6.07) is 3.29. The minimum atomic E-state index is -1.09. The van der Waals surface area contributed by atoms with Crippen LogP contribution in [0.3, 0.4) is 0 Å². The van der Waals surface area contributed by atoms with Crippen LogP contribution >= 0.6 is 0 Å². The maximum atomic E-state index is 12.8. The molecule has 1 aromatic carbocycles. The Balaban J connectivity index is 2.88. The van der Waals surface area contributed by atoms with Gasteiger partial charge in [0, 0.05) is 5.69 Å². The van der Waals surface area contributed by atoms with Gasteiger partial charge in [-0.25, -0.2) is 9.18 Å². The number of halogens is 1. The van der Waals surface area contributed by atoms with Crippen LogP contribution in [0, 0.1) is 5.82 Å². The lowest BCUT2D eigenvalue weighted by Crippen LogP contribution is -2.30. The zero-order chi connectivity index (χ0) is 12.3. The second-order valence-corrected chi connectivity index (χ2v) is 3.18. The molecule has 16 heavy (non-hydrogen) atoms. The fourth-order valence-corrected chi connectivity index (χ4v) is 0.987. The van der Waals surface area contributed by atoms with Crippen LogP contribution in [0.4, 0.5) is 10.1 Å². The van der Waals surface area contributed by atoms with E-state index >= 15 is 0 Å². The molecule has 4 N–H and O–H groups in total. The van der Waals surface area contributed by atoms with Gasteiger partial charge in [-0.15, -0.1) is 0 Å². The molecule has 0 heterocycles. The summed E-state index contributed by atoms with van der Waals surface area (Å²) >= 11 is 0. The van der Waals surface area contributed by atoms with Crippen molar-refractivity contribution in [3.8, 4) is 0 Å². The van der Waals surface area contributed by atoms with Crippen LogP contribution in [0.1, 0.15) is 17.3 Å². The highest BCUT2D eigenvalue weighted by molar-refractivity contribution is 5.96.